The topological polar surface area (TPSA) is 71.1 Å². The van der Waals surface area contributed by atoms with Gasteiger partial charge in [-0.05, 0) is 46.2 Å². The molecule has 0 spiro atoms. The van der Waals surface area contributed by atoms with Crippen molar-refractivity contribution >= 4 is 12.1 Å². The van der Waals surface area contributed by atoms with Gasteiger partial charge in [0.15, 0.2) is 6.61 Å². The number of carbonyl (C=O) groups excluding carboxylic acids is 2. The van der Waals surface area contributed by atoms with Crippen LogP contribution in [-0.2, 0) is 25.4 Å². The van der Waals surface area contributed by atoms with Crippen LogP contribution in [0.4, 0.5) is 4.79 Å². The number of hydrogen-bond acceptors (Lipinski definition) is 6. The number of rotatable bonds is 4. The predicted molar refractivity (Wildman–Crippen MR) is 109 cm³/mol. The largest absolute Gasteiger partial charge is 0.555 e. The fourth-order valence-corrected chi connectivity index (χ4v) is 2.43. The molecule has 0 amide bonds. The SMILES string of the molecule is CC(C)(C)c1ccc(OCC(=O)OOC(=O)Oc2ccc(C(C)(C)C)cc2)cc1. The minimum absolute atomic E-state index is 0.0123. The maximum Gasteiger partial charge on any atom is 0.555 e. The van der Waals surface area contributed by atoms with Crippen LogP contribution >= 0.6 is 0 Å². The number of carbonyl (C=O) groups is 2. The summed E-state index contributed by atoms with van der Waals surface area (Å²) in [6.07, 6.45) is -1.14. The van der Waals surface area contributed by atoms with Crippen LogP contribution in [0, 0.1) is 0 Å². The molecule has 0 aliphatic heterocycles. The fourth-order valence-electron chi connectivity index (χ4n) is 2.43. The molecule has 0 bridgehead atoms. The Labute approximate surface area is 171 Å². The van der Waals surface area contributed by atoms with E-state index in [0.29, 0.717) is 5.75 Å². The highest BCUT2D eigenvalue weighted by molar-refractivity contribution is 5.72. The van der Waals surface area contributed by atoms with Gasteiger partial charge < -0.3 is 9.47 Å². The minimum atomic E-state index is -1.14. The van der Waals surface area contributed by atoms with Crippen LogP contribution in [0.3, 0.4) is 0 Å². The summed E-state index contributed by atoms with van der Waals surface area (Å²) in [5.74, 6) is -0.0596. The van der Waals surface area contributed by atoms with Crippen LogP contribution in [0.25, 0.3) is 0 Å². The molecule has 6 heteroatoms. The smallest absolute Gasteiger partial charge is 0.482 e. The number of ether oxygens (including phenoxy) is 2. The third-order valence-corrected chi connectivity index (χ3v) is 4.20. The van der Waals surface area contributed by atoms with E-state index in [2.05, 4.69) is 51.3 Å². The lowest BCUT2D eigenvalue weighted by atomic mass is 9.87. The predicted octanol–water partition coefficient (Wildman–Crippen LogP) is 5.33. The number of benzene rings is 2. The van der Waals surface area contributed by atoms with Crippen LogP contribution in [0.2, 0.25) is 0 Å². The Morgan fingerprint density at radius 3 is 1.59 bits per heavy atom. The molecule has 2 aromatic carbocycles. The first-order chi connectivity index (χ1) is 13.4. The van der Waals surface area contributed by atoms with Gasteiger partial charge >= 0.3 is 12.1 Å². The van der Waals surface area contributed by atoms with E-state index in [0.717, 1.165) is 11.1 Å². The van der Waals surface area contributed by atoms with Gasteiger partial charge in [-0.15, -0.1) is 0 Å². The molecule has 0 saturated heterocycles. The van der Waals surface area contributed by atoms with Crippen LogP contribution in [0.1, 0.15) is 52.7 Å². The van der Waals surface area contributed by atoms with Gasteiger partial charge in [-0.3, -0.25) is 0 Å². The van der Waals surface area contributed by atoms with Crippen molar-refractivity contribution in [2.75, 3.05) is 6.61 Å². The van der Waals surface area contributed by atoms with Crippen LogP contribution < -0.4 is 9.47 Å². The average molecular weight is 400 g/mol. The molecule has 2 rings (SSSR count). The van der Waals surface area contributed by atoms with Crippen LogP contribution in [0.15, 0.2) is 48.5 Å². The van der Waals surface area contributed by atoms with E-state index in [1.807, 2.05) is 24.3 Å². The minimum Gasteiger partial charge on any atom is -0.482 e. The first kappa shape index (κ1) is 22.3. The molecule has 0 aromatic heterocycles. The van der Waals surface area contributed by atoms with E-state index in [4.69, 9.17) is 9.47 Å². The third kappa shape index (κ3) is 7.14. The maximum atomic E-state index is 11.7. The Balaban J connectivity index is 1.75. The zero-order valence-corrected chi connectivity index (χ0v) is 17.8. The molecular weight excluding hydrogens is 372 g/mol. The van der Waals surface area contributed by atoms with Crippen molar-refractivity contribution in [2.24, 2.45) is 0 Å². The highest BCUT2D eigenvalue weighted by Crippen LogP contribution is 2.25. The summed E-state index contributed by atoms with van der Waals surface area (Å²) in [4.78, 5) is 32.1. The van der Waals surface area contributed by atoms with Crippen molar-refractivity contribution in [3.05, 3.63) is 59.7 Å². The summed E-state index contributed by atoms with van der Waals surface area (Å²) in [6, 6.07) is 14.4. The average Bonchev–Trinajstić information content (AvgIpc) is 2.64. The molecule has 0 N–H and O–H groups in total. The molecule has 2 aromatic rings. The highest BCUT2D eigenvalue weighted by Gasteiger charge is 2.16. The second-order valence-electron chi connectivity index (χ2n) is 8.73. The Hall–Kier alpha value is -3.02. The fraction of sp³-hybridized carbons (Fsp3) is 0.391. The second-order valence-corrected chi connectivity index (χ2v) is 8.73. The first-order valence-corrected chi connectivity index (χ1v) is 9.38. The standard InChI is InChI=1S/C23H28O6/c1-22(2,3)16-7-11-18(12-8-16)26-15-20(24)28-29-21(25)27-19-13-9-17(10-14-19)23(4,5)6/h7-14H,15H2,1-6H3. The molecule has 0 aliphatic carbocycles. The normalized spacial score (nSPS) is 11.5. The van der Waals surface area contributed by atoms with E-state index < -0.39 is 18.7 Å². The van der Waals surface area contributed by atoms with E-state index in [-0.39, 0.29) is 16.6 Å². The van der Waals surface area contributed by atoms with E-state index in [9.17, 15) is 9.59 Å². The van der Waals surface area contributed by atoms with Gasteiger partial charge in [-0.25, -0.2) is 14.6 Å². The van der Waals surface area contributed by atoms with Crippen molar-refractivity contribution in [3.8, 4) is 11.5 Å². The van der Waals surface area contributed by atoms with Crippen molar-refractivity contribution < 1.29 is 28.8 Å². The molecule has 0 heterocycles. The first-order valence-electron chi connectivity index (χ1n) is 9.38. The molecule has 6 nitrogen and oxygen atoms in total. The van der Waals surface area contributed by atoms with Gasteiger partial charge in [-0.2, -0.15) is 4.79 Å². The summed E-state index contributed by atoms with van der Waals surface area (Å²) < 4.78 is 10.3. The lowest BCUT2D eigenvalue weighted by molar-refractivity contribution is -0.240. The van der Waals surface area contributed by atoms with Crippen molar-refractivity contribution in [2.45, 2.75) is 52.4 Å². The highest BCUT2D eigenvalue weighted by atomic mass is 17.2. The van der Waals surface area contributed by atoms with Gasteiger partial charge in [0.1, 0.15) is 11.5 Å². The molecule has 0 atom stereocenters. The molecule has 29 heavy (non-hydrogen) atoms. The monoisotopic (exact) mass is 400 g/mol. The van der Waals surface area contributed by atoms with Gasteiger partial charge in [-0.1, -0.05) is 65.8 Å². The maximum absolute atomic E-state index is 11.7. The van der Waals surface area contributed by atoms with E-state index in [1.54, 1.807) is 24.3 Å². The quantitative estimate of drug-likeness (QED) is 0.299. The summed E-state index contributed by atoms with van der Waals surface area (Å²) in [5, 5.41) is 0. The van der Waals surface area contributed by atoms with Crippen molar-refractivity contribution in [1.82, 2.24) is 0 Å². The zero-order valence-electron chi connectivity index (χ0n) is 17.8. The zero-order chi connectivity index (χ0) is 21.7. The Kier molecular flexibility index (Phi) is 6.90. The van der Waals surface area contributed by atoms with Gasteiger partial charge in [0.05, 0.1) is 0 Å². The van der Waals surface area contributed by atoms with Crippen molar-refractivity contribution in [1.29, 1.82) is 0 Å². The lowest BCUT2D eigenvalue weighted by Gasteiger charge is -2.19. The summed E-state index contributed by atoms with van der Waals surface area (Å²) >= 11 is 0. The van der Waals surface area contributed by atoms with E-state index >= 15 is 0 Å². The molecule has 0 unspecified atom stereocenters. The second kappa shape index (κ2) is 8.99. The van der Waals surface area contributed by atoms with Crippen LogP contribution in [-0.4, -0.2) is 18.7 Å². The lowest BCUT2D eigenvalue weighted by Crippen LogP contribution is -2.19. The molecule has 0 saturated carbocycles. The van der Waals surface area contributed by atoms with Gasteiger partial charge in [0, 0.05) is 0 Å². The van der Waals surface area contributed by atoms with Gasteiger partial charge in [0.2, 0.25) is 0 Å². The third-order valence-electron chi connectivity index (χ3n) is 4.20. The summed E-state index contributed by atoms with van der Waals surface area (Å²) in [6.45, 7) is 12.2. The van der Waals surface area contributed by atoms with E-state index in [1.165, 1.54) is 0 Å². The number of hydrogen-bond donors (Lipinski definition) is 0. The van der Waals surface area contributed by atoms with Crippen molar-refractivity contribution in [3.63, 3.8) is 0 Å². The molecule has 0 fully saturated rings. The molecule has 156 valence electrons. The van der Waals surface area contributed by atoms with Gasteiger partial charge in [0.25, 0.3) is 0 Å². The summed E-state index contributed by atoms with van der Waals surface area (Å²) in [7, 11) is 0. The Morgan fingerprint density at radius 2 is 1.14 bits per heavy atom. The Morgan fingerprint density at radius 1 is 0.690 bits per heavy atom. The Bertz CT molecular complexity index is 824. The van der Waals surface area contributed by atoms with Crippen LogP contribution in [0.5, 0.6) is 11.5 Å². The molecule has 0 aliphatic rings. The molecule has 0 radical (unpaired) electrons. The molecular formula is C23H28O6. The summed E-state index contributed by atoms with van der Waals surface area (Å²) in [5.41, 5.74) is 2.26.